The summed E-state index contributed by atoms with van der Waals surface area (Å²) in [6, 6.07) is 0.378. The van der Waals surface area contributed by atoms with Gasteiger partial charge in [0, 0.05) is 0 Å². The summed E-state index contributed by atoms with van der Waals surface area (Å²) in [6.45, 7) is 19.0. The van der Waals surface area contributed by atoms with Crippen molar-refractivity contribution in [3.63, 3.8) is 0 Å². The van der Waals surface area contributed by atoms with Crippen LogP contribution in [0.3, 0.4) is 0 Å². The van der Waals surface area contributed by atoms with Gasteiger partial charge in [-0.25, -0.2) is 15.0 Å². The zero-order valence-electron chi connectivity index (χ0n) is 18.1. The molecule has 3 aliphatic rings. The van der Waals surface area contributed by atoms with Crippen LogP contribution in [-0.4, -0.2) is 55.6 Å². The molecule has 0 unspecified atom stereocenters. The van der Waals surface area contributed by atoms with Crippen molar-refractivity contribution in [1.29, 1.82) is 0 Å². The van der Waals surface area contributed by atoms with Crippen LogP contribution in [0.2, 0.25) is 0 Å². The highest BCUT2D eigenvalue weighted by atomic mass is 16.5. The van der Waals surface area contributed by atoms with Gasteiger partial charge < -0.3 is 14.2 Å². The Morgan fingerprint density at radius 2 is 1.11 bits per heavy atom. The third kappa shape index (κ3) is 3.72. The second-order valence-electron chi connectivity index (χ2n) is 9.87. The average Bonchev–Trinajstić information content (AvgIpc) is 3.32. The van der Waals surface area contributed by atoms with E-state index in [4.69, 9.17) is 29.2 Å². The highest BCUT2D eigenvalue weighted by Gasteiger charge is 2.53. The molecule has 0 aromatic rings. The molecule has 0 N–H and O–H groups in total. The first-order valence-corrected chi connectivity index (χ1v) is 10.2. The Balaban J connectivity index is 2.01. The van der Waals surface area contributed by atoms with Gasteiger partial charge in [0.1, 0.15) is 19.8 Å². The lowest BCUT2D eigenvalue weighted by atomic mass is 9.87. The lowest BCUT2D eigenvalue weighted by Gasteiger charge is -2.26. The monoisotopic (exact) mass is 377 g/mol. The van der Waals surface area contributed by atoms with Crippen LogP contribution < -0.4 is 0 Å². The van der Waals surface area contributed by atoms with E-state index in [9.17, 15) is 0 Å². The fourth-order valence-corrected chi connectivity index (χ4v) is 3.37. The molecule has 27 heavy (non-hydrogen) atoms. The van der Waals surface area contributed by atoms with Gasteiger partial charge in [0.15, 0.2) is 5.41 Å². The molecule has 0 radical (unpaired) electrons. The molecule has 6 heteroatoms. The van der Waals surface area contributed by atoms with Crippen molar-refractivity contribution in [2.24, 2.45) is 37.6 Å². The fourth-order valence-electron chi connectivity index (χ4n) is 3.37. The van der Waals surface area contributed by atoms with E-state index < -0.39 is 5.41 Å². The third-order valence-corrected chi connectivity index (χ3v) is 5.82. The molecule has 3 heterocycles. The average molecular weight is 378 g/mol. The maximum absolute atomic E-state index is 6.10. The van der Waals surface area contributed by atoms with Crippen molar-refractivity contribution in [2.45, 2.75) is 73.5 Å². The predicted octanol–water partition coefficient (Wildman–Crippen LogP) is 3.74. The largest absolute Gasteiger partial charge is 0.478 e. The summed E-state index contributed by atoms with van der Waals surface area (Å²) in [7, 11) is 0. The summed E-state index contributed by atoms with van der Waals surface area (Å²) >= 11 is 0. The Hall–Kier alpha value is -1.59. The van der Waals surface area contributed by atoms with E-state index in [1.54, 1.807) is 0 Å². The van der Waals surface area contributed by atoms with E-state index in [1.165, 1.54) is 0 Å². The van der Waals surface area contributed by atoms with Crippen molar-refractivity contribution < 1.29 is 14.2 Å². The molecule has 0 bridgehead atoms. The van der Waals surface area contributed by atoms with Crippen molar-refractivity contribution >= 4 is 17.7 Å². The smallest absolute Gasteiger partial charge is 0.209 e. The molecule has 0 fully saturated rings. The Labute approximate surface area is 163 Å². The minimum atomic E-state index is -0.798. The standard InChI is InChI=1S/C21H35N3O3/c1-12(2)14-9-25-17(22-14)21(8,18-23-15(10-26-18)13(3)4)19-24-16(11-27-19)20(5,6)7/h12-16H,9-11H2,1-8H3/t14-,15-,16-/m1/s1. The van der Waals surface area contributed by atoms with Crippen molar-refractivity contribution in [2.75, 3.05) is 19.8 Å². The van der Waals surface area contributed by atoms with Crippen LogP contribution in [0.4, 0.5) is 0 Å². The van der Waals surface area contributed by atoms with Gasteiger partial charge >= 0.3 is 0 Å². The number of aliphatic imine (C=N–C) groups is 3. The number of rotatable bonds is 5. The molecule has 0 aromatic heterocycles. The maximum atomic E-state index is 6.10. The van der Waals surface area contributed by atoms with E-state index in [-0.39, 0.29) is 23.5 Å². The predicted molar refractivity (Wildman–Crippen MR) is 109 cm³/mol. The van der Waals surface area contributed by atoms with Crippen LogP contribution in [0.1, 0.15) is 55.4 Å². The van der Waals surface area contributed by atoms with Gasteiger partial charge in [-0.05, 0) is 24.2 Å². The summed E-state index contributed by atoms with van der Waals surface area (Å²) in [5, 5.41) is 0. The van der Waals surface area contributed by atoms with Crippen LogP contribution >= 0.6 is 0 Å². The Bertz CT molecular complexity index is 624. The van der Waals surface area contributed by atoms with Gasteiger partial charge in [-0.3, -0.25) is 0 Å². The molecular formula is C21H35N3O3. The second kappa shape index (κ2) is 7.10. The van der Waals surface area contributed by atoms with Crippen LogP contribution in [0, 0.1) is 22.7 Å². The summed E-state index contributed by atoms with van der Waals surface area (Å²) in [5.74, 6) is 2.69. The Morgan fingerprint density at radius 3 is 1.44 bits per heavy atom. The highest BCUT2D eigenvalue weighted by Crippen LogP contribution is 2.37. The number of ether oxygens (including phenoxy) is 3. The molecule has 0 spiro atoms. The SMILES string of the molecule is CC(C)[C@H]1COC(C(C)(C2=N[C@@H](C(C)C)CO2)C2=N[C@@H](C(C)(C)C)CO2)=N1. The molecule has 6 nitrogen and oxygen atoms in total. The topological polar surface area (TPSA) is 64.8 Å². The van der Waals surface area contributed by atoms with E-state index in [0.29, 0.717) is 49.3 Å². The van der Waals surface area contributed by atoms with Gasteiger partial charge in [-0.15, -0.1) is 0 Å². The second-order valence-corrected chi connectivity index (χ2v) is 9.87. The summed E-state index contributed by atoms with van der Waals surface area (Å²) < 4.78 is 18.2. The molecular weight excluding hydrogens is 342 g/mol. The van der Waals surface area contributed by atoms with E-state index in [0.717, 1.165) is 0 Å². The van der Waals surface area contributed by atoms with Crippen LogP contribution in [0.5, 0.6) is 0 Å². The fraction of sp³-hybridized carbons (Fsp3) is 0.857. The molecule has 0 saturated heterocycles. The van der Waals surface area contributed by atoms with E-state index >= 15 is 0 Å². The lowest BCUT2D eigenvalue weighted by molar-refractivity contribution is 0.219. The van der Waals surface area contributed by atoms with Gasteiger partial charge in [0.2, 0.25) is 17.7 Å². The lowest BCUT2D eigenvalue weighted by Crippen LogP contribution is -2.44. The van der Waals surface area contributed by atoms with Crippen LogP contribution in [-0.2, 0) is 14.2 Å². The first-order valence-electron chi connectivity index (χ1n) is 10.2. The molecule has 152 valence electrons. The van der Waals surface area contributed by atoms with E-state index in [1.807, 2.05) is 6.92 Å². The van der Waals surface area contributed by atoms with Gasteiger partial charge in [-0.1, -0.05) is 48.5 Å². The Kier molecular flexibility index (Phi) is 5.30. The highest BCUT2D eigenvalue weighted by molar-refractivity contribution is 6.23. The Morgan fingerprint density at radius 1 is 0.704 bits per heavy atom. The van der Waals surface area contributed by atoms with E-state index in [2.05, 4.69) is 48.5 Å². The number of hydrogen-bond acceptors (Lipinski definition) is 6. The normalized spacial score (nSPS) is 28.7. The summed E-state index contributed by atoms with van der Waals surface area (Å²) in [5.41, 5.74) is -0.770. The van der Waals surface area contributed by atoms with Crippen molar-refractivity contribution in [3.8, 4) is 0 Å². The third-order valence-electron chi connectivity index (χ3n) is 5.82. The van der Waals surface area contributed by atoms with Crippen molar-refractivity contribution in [1.82, 2.24) is 0 Å². The van der Waals surface area contributed by atoms with Gasteiger partial charge in [0.05, 0.1) is 18.1 Å². The van der Waals surface area contributed by atoms with Crippen LogP contribution in [0.25, 0.3) is 0 Å². The summed E-state index contributed by atoms with van der Waals surface area (Å²) in [6.07, 6.45) is 0. The molecule has 3 rings (SSSR count). The quantitative estimate of drug-likeness (QED) is 0.733. The summed E-state index contributed by atoms with van der Waals surface area (Å²) in [4.78, 5) is 14.7. The number of nitrogens with zero attached hydrogens (tertiary/aromatic N) is 3. The zero-order valence-corrected chi connectivity index (χ0v) is 18.1. The maximum Gasteiger partial charge on any atom is 0.209 e. The van der Waals surface area contributed by atoms with Gasteiger partial charge in [0.25, 0.3) is 0 Å². The molecule has 0 aromatic carbocycles. The molecule has 0 amide bonds. The molecule has 0 aliphatic carbocycles. The zero-order chi connectivity index (χ0) is 20.0. The molecule has 3 atom stereocenters. The van der Waals surface area contributed by atoms with Crippen molar-refractivity contribution in [3.05, 3.63) is 0 Å². The molecule has 3 aliphatic heterocycles. The van der Waals surface area contributed by atoms with Gasteiger partial charge in [-0.2, -0.15) is 0 Å². The minimum Gasteiger partial charge on any atom is -0.478 e. The first kappa shape index (κ1) is 20.2. The number of hydrogen-bond donors (Lipinski definition) is 0. The molecule has 0 saturated carbocycles. The first-order chi connectivity index (χ1) is 12.5. The minimum absolute atomic E-state index is 0.0281. The van der Waals surface area contributed by atoms with Crippen LogP contribution in [0.15, 0.2) is 15.0 Å².